The van der Waals surface area contributed by atoms with Gasteiger partial charge < -0.3 is 0 Å². The second kappa shape index (κ2) is 5.80. The van der Waals surface area contributed by atoms with Gasteiger partial charge in [0, 0.05) is 18.5 Å². The molecular weight excluding hydrogens is 184 g/mol. The Morgan fingerprint density at radius 3 is 1.57 bits per heavy atom. The Hall–Kier alpha value is -1.77. The lowest BCUT2D eigenvalue weighted by Crippen LogP contribution is -1.73. The van der Waals surface area contributed by atoms with E-state index in [1.807, 2.05) is 18.2 Å². The lowest BCUT2D eigenvalue weighted by atomic mass is 10.3. The van der Waals surface area contributed by atoms with Crippen LogP contribution in [0.4, 0.5) is 8.78 Å². The first-order valence-electron chi connectivity index (χ1n) is 4.05. The zero-order chi connectivity index (χ0) is 10.2. The van der Waals surface area contributed by atoms with Gasteiger partial charge in [-0.3, -0.25) is 4.98 Å². The number of hydrogen-bond acceptors (Lipinski definition) is 1. The number of aromatic nitrogens is 1. The topological polar surface area (TPSA) is 12.9 Å². The first-order chi connectivity index (χ1) is 6.79. The Kier molecular flexibility index (Phi) is 4.27. The SMILES string of the molecule is Fc1cccc(F)c1.c1ccncc1. The van der Waals surface area contributed by atoms with Gasteiger partial charge in [0.2, 0.25) is 0 Å². The highest BCUT2D eigenvalue weighted by molar-refractivity contribution is 5.04. The summed E-state index contributed by atoms with van der Waals surface area (Å²) in [6.45, 7) is 0. The number of rotatable bonds is 0. The molecule has 0 atom stereocenters. The van der Waals surface area contributed by atoms with E-state index in [9.17, 15) is 8.78 Å². The molecule has 14 heavy (non-hydrogen) atoms. The monoisotopic (exact) mass is 193 g/mol. The Morgan fingerprint density at radius 2 is 1.36 bits per heavy atom. The number of benzene rings is 1. The molecule has 1 heterocycles. The standard InChI is InChI=1S/C6H4F2.C5H5N/c7-5-2-1-3-6(8)4-5;1-2-4-6-5-3-1/h1-4H;1-5H. The van der Waals surface area contributed by atoms with Gasteiger partial charge in [-0.25, -0.2) is 8.78 Å². The van der Waals surface area contributed by atoms with E-state index in [4.69, 9.17) is 0 Å². The summed E-state index contributed by atoms with van der Waals surface area (Å²) in [7, 11) is 0. The van der Waals surface area contributed by atoms with E-state index in [1.165, 1.54) is 18.2 Å². The number of halogens is 2. The quantitative estimate of drug-likeness (QED) is 0.626. The fourth-order valence-corrected chi connectivity index (χ4v) is 0.773. The van der Waals surface area contributed by atoms with Crippen LogP contribution < -0.4 is 0 Å². The Morgan fingerprint density at radius 1 is 0.786 bits per heavy atom. The van der Waals surface area contributed by atoms with Crippen molar-refractivity contribution < 1.29 is 8.78 Å². The highest BCUT2D eigenvalue weighted by Crippen LogP contribution is 1.99. The van der Waals surface area contributed by atoms with Gasteiger partial charge in [-0.2, -0.15) is 0 Å². The summed E-state index contributed by atoms with van der Waals surface area (Å²) < 4.78 is 23.9. The number of nitrogens with zero attached hydrogens (tertiary/aromatic N) is 1. The minimum atomic E-state index is -0.537. The molecule has 0 amide bonds. The lowest BCUT2D eigenvalue weighted by molar-refractivity contribution is 0.583. The molecule has 0 aliphatic heterocycles. The third-order valence-corrected chi connectivity index (χ3v) is 1.35. The van der Waals surface area contributed by atoms with Crippen molar-refractivity contribution >= 4 is 0 Å². The summed E-state index contributed by atoms with van der Waals surface area (Å²) in [5, 5.41) is 0. The molecule has 0 radical (unpaired) electrons. The van der Waals surface area contributed by atoms with E-state index in [1.54, 1.807) is 12.4 Å². The van der Waals surface area contributed by atoms with Crippen LogP contribution in [0.25, 0.3) is 0 Å². The lowest BCUT2D eigenvalue weighted by Gasteiger charge is -1.84. The van der Waals surface area contributed by atoms with Gasteiger partial charge in [-0.05, 0) is 24.3 Å². The first-order valence-corrected chi connectivity index (χ1v) is 4.05. The van der Waals surface area contributed by atoms with Gasteiger partial charge >= 0.3 is 0 Å². The van der Waals surface area contributed by atoms with E-state index in [2.05, 4.69) is 4.98 Å². The predicted molar refractivity (Wildman–Crippen MR) is 50.6 cm³/mol. The molecule has 0 fully saturated rings. The number of pyridine rings is 1. The molecule has 1 aromatic carbocycles. The molecule has 2 rings (SSSR count). The van der Waals surface area contributed by atoms with Crippen LogP contribution in [0.5, 0.6) is 0 Å². The molecular formula is C11H9F2N. The Balaban J connectivity index is 0.000000146. The Bertz CT molecular complexity index is 319. The van der Waals surface area contributed by atoms with Crippen LogP contribution in [0.1, 0.15) is 0 Å². The number of hydrogen-bond donors (Lipinski definition) is 0. The van der Waals surface area contributed by atoms with Crippen molar-refractivity contribution in [2.24, 2.45) is 0 Å². The van der Waals surface area contributed by atoms with Gasteiger partial charge in [0.05, 0.1) is 0 Å². The van der Waals surface area contributed by atoms with Crippen molar-refractivity contribution in [3.8, 4) is 0 Å². The summed E-state index contributed by atoms with van der Waals surface area (Å²) in [5.74, 6) is -1.07. The molecule has 0 aliphatic carbocycles. The minimum absolute atomic E-state index is 0.537. The van der Waals surface area contributed by atoms with Gasteiger partial charge in [0.1, 0.15) is 11.6 Å². The maximum atomic E-state index is 11.9. The Labute approximate surface area is 81.0 Å². The van der Waals surface area contributed by atoms with E-state index >= 15 is 0 Å². The molecule has 0 saturated carbocycles. The highest BCUT2D eigenvalue weighted by Gasteiger charge is 1.88. The van der Waals surface area contributed by atoms with Gasteiger partial charge in [-0.1, -0.05) is 12.1 Å². The van der Waals surface area contributed by atoms with Gasteiger partial charge in [0.15, 0.2) is 0 Å². The average molecular weight is 193 g/mol. The second-order valence-corrected chi connectivity index (χ2v) is 2.46. The molecule has 0 unspecified atom stereocenters. The van der Waals surface area contributed by atoms with Gasteiger partial charge in [-0.15, -0.1) is 0 Å². The van der Waals surface area contributed by atoms with Crippen LogP contribution in [0.2, 0.25) is 0 Å². The van der Waals surface area contributed by atoms with E-state index in [0.29, 0.717) is 0 Å². The fraction of sp³-hybridized carbons (Fsp3) is 0. The highest BCUT2D eigenvalue weighted by atomic mass is 19.1. The zero-order valence-corrected chi connectivity index (χ0v) is 7.40. The molecule has 72 valence electrons. The normalized spacial score (nSPS) is 8.71. The summed E-state index contributed by atoms with van der Waals surface area (Å²) in [6, 6.07) is 10.3. The maximum Gasteiger partial charge on any atom is 0.126 e. The molecule has 0 aliphatic rings. The van der Waals surface area contributed by atoms with Crippen molar-refractivity contribution in [1.29, 1.82) is 0 Å². The van der Waals surface area contributed by atoms with Crippen molar-refractivity contribution in [2.45, 2.75) is 0 Å². The molecule has 0 N–H and O–H groups in total. The van der Waals surface area contributed by atoms with Crippen LogP contribution in [-0.2, 0) is 0 Å². The predicted octanol–water partition coefficient (Wildman–Crippen LogP) is 3.05. The summed E-state index contributed by atoms with van der Waals surface area (Å²) in [6.07, 6.45) is 3.50. The molecule has 0 spiro atoms. The average Bonchev–Trinajstić information content (AvgIpc) is 2.21. The smallest absolute Gasteiger partial charge is 0.126 e. The zero-order valence-electron chi connectivity index (χ0n) is 7.40. The second-order valence-electron chi connectivity index (χ2n) is 2.46. The molecule has 2 aromatic rings. The van der Waals surface area contributed by atoms with E-state index < -0.39 is 11.6 Å². The fourth-order valence-electron chi connectivity index (χ4n) is 0.773. The van der Waals surface area contributed by atoms with Crippen molar-refractivity contribution in [3.63, 3.8) is 0 Å². The van der Waals surface area contributed by atoms with Gasteiger partial charge in [0.25, 0.3) is 0 Å². The third kappa shape index (κ3) is 4.30. The maximum absolute atomic E-state index is 11.9. The molecule has 0 bridgehead atoms. The van der Waals surface area contributed by atoms with Crippen molar-refractivity contribution in [3.05, 3.63) is 66.5 Å². The minimum Gasteiger partial charge on any atom is -0.265 e. The van der Waals surface area contributed by atoms with Crippen molar-refractivity contribution in [1.82, 2.24) is 4.98 Å². The largest absolute Gasteiger partial charge is 0.265 e. The van der Waals surface area contributed by atoms with Crippen LogP contribution in [-0.4, -0.2) is 4.98 Å². The molecule has 3 heteroatoms. The molecule has 0 saturated heterocycles. The summed E-state index contributed by atoms with van der Waals surface area (Å²) in [4.78, 5) is 3.78. The van der Waals surface area contributed by atoms with Crippen LogP contribution >= 0.6 is 0 Å². The van der Waals surface area contributed by atoms with Crippen LogP contribution in [0, 0.1) is 11.6 Å². The van der Waals surface area contributed by atoms with Crippen LogP contribution in [0.15, 0.2) is 54.9 Å². The van der Waals surface area contributed by atoms with Crippen LogP contribution in [0.3, 0.4) is 0 Å². The summed E-state index contributed by atoms with van der Waals surface area (Å²) >= 11 is 0. The van der Waals surface area contributed by atoms with E-state index in [-0.39, 0.29) is 0 Å². The van der Waals surface area contributed by atoms with Crippen molar-refractivity contribution in [2.75, 3.05) is 0 Å². The first kappa shape index (κ1) is 10.3. The third-order valence-electron chi connectivity index (χ3n) is 1.35. The molecule has 1 aromatic heterocycles. The summed E-state index contributed by atoms with van der Waals surface area (Å²) in [5.41, 5.74) is 0. The molecule has 1 nitrogen and oxygen atoms in total. The van der Waals surface area contributed by atoms with E-state index in [0.717, 1.165) is 6.07 Å².